The van der Waals surface area contributed by atoms with Gasteiger partial charge in [0.1, 0.15) is 17.9 Å². The van der Waals surface area contributed by atoms with Crippen LogP contribution in [0.4, 0.5) is 0 Å². The number of aromatic nitrogens is 1. The van der Waals surface area contributed by atoms with E-state index in [-0.39, 0.29) is 31.6 Å². The average molecular weight is 478 g/mol. The Morgan fingerprint density at radius 2 is 1.68 bits per heavy atom. The minimum absolute atomic E-state index is 0.0108. The third-order valence-corrected chi connectivity index (χ3v) is 4.73. The molecule has 0 aliphatic rings. The first-order chi connectivity index (χ1) is 15.9. The lowest BCUT2D eigenvalue weighted by molar-refractivity contribution is -0.138. The summed E-state index contributed by atoms with van der Waals surface area (Å²) in [6, 6.07) is -0.352. The number of Topliss-reactive ketones (excluding diaryl/α,β-unsaturated/α-hetero) is 1. The molecule has 3 atom stereocenters. The molecular weight excluding hydrogens is 446 g/mol. The minimum Gasteiger partial charge on any atom is -0.370 e. The number of nitrogens with zero attached hydrogens (tertiary/aromatic N) is 2. The number of pyridine rings is 1. The lowest BCUT2D eigenvalue weighted by Gasteiger charge is -2.26. The number of rotatable bonds is 14. The van der Waals surface area contributed by atoms with E-state index in [1.165, 1.54) is 26.4 Å². The molecule has 13 nitrogen and oxygen atoms in total. The molecule has 0 fully saturated rings. The number of hydrogen-bond donors (Lipinski definition) is 5. The van der Waals surface area contributed by atoms with Gasteiger partial charge in [0.2, 0.25) is 29.5 Å². The lowest BCUT2D eigenvalue weighted by atomic mass is 10.0. The highest BCUT2D eigenvalue weighted by Gasteiger charge is 2.31. The predicted molar refractivity (Wildman–Crippen MR) is 120 cm³/mol. The van der Waals surface area contributed by atoms with E-state index in [1.54, 1.807) is 12.1 Å². The van der Waals surface area contributed by atoms with Crippen LogP contribution < -0.4 is 27.8 Å². The number of amides is 5. The Labute approximate surface area is 196 Å². The van der Waals surface area contributed by atoms with E-state index in [0.29, 0.717) is 5.56 Å². The van der Waals surface area contributed by atoms with Crippen LogP contribution in [0.5, 0.6) is 0 Å². The second-order valence-corrected chi connectivity index (χ2v) is 7.87. The Kier molecular flexibility index (Phi) is 11.3. The third-order valence-electron chi connectivity index (χ3n) is 4.73. The van der Waals surface area contributed by atoms with E-state index in [0.717, 1.165) is 4.90 Å². The molecule has 0 aliphatic carbocycles. The van der Waals surface area contributed by atoms with E-state index in [2.05, 4.69) is 15.6 Å². The molecule has 1 aromatic heterocycles. The van der Waals surface area contributed by atoms with E-state index in [9.17, 15) is 28.8 Å². The van der Waals surface area contributed by atoms with Gasteiger partial charge in [-0.2, -0.15) is 0 Å². The normalized spacial score (nSPS) is 13.1. The summed E-state index contributed by atoms with van der Waals surface area (Å²) in [5.41, 5.74) is 16.7. The van der Waals surface area contributed by atoms with Crippen molar-refractivity contribution in [3.8, 4) is 0 Å². The summed E-state index contributed by atoms with van der Waals surface area (Å²) in [6.45, 7) is 0.966. The van der Waals surface area contributed by atoms with Crippen LogP contribution in [0.1, 0.15) is 31.7 Å². The van der Waals surface area contributed by atoms with Gasteiger partial charge in [-0.1, -0.05) is 6.07 Å². The van der Waals surface area contributed by atoms with Crippen molar-refractivity contribution in [3.05, 3.63) is 30.1 Å². The highest BCUT2D eigenvalue weighted by Crippen LogP contribution is 2.06. The summed E-state index contributed by atoms with van der Waals surface area (Å²) >= 11 is 0. The van der Waals surface area contributed by atoms with Crippen molar-refractivity contribution >= 4 is 35.3 Å². The molecule has 1 aromatic rings. The Morgan fingerprint density at radius 3 is 2.21 bits per heavy atom. The van der Waals surface area contributed by atoms with Gasteiger partial charge in [0.25, 0.3) is 0 Å². The fourth-order valence-corrected chi connectivity index (χ4v) is 2.98. The summed E-state index contributed by atoms with van der Waals surface area (Å²) in [5, 5.41) is 4.83. The highest BCUT2D eigenvalue weighted by molar-refractivity contribution is 5.96. The molecule has 0 spiro atoms. The predicted octanol–water partition coefficient (Wildman–Crippen LogP) is -2.89. The van der Waals surface area contributed by atoms with Crippen molar-refractivity contribution in [1.82, 2.24) is 20.5 Å². The molecule has 34 heavy (non-hydrogen) atoms. The topological polar surface area (TPSA) is 221 Å². The molecule has 0 aromatic carbocycles. The van der Waals surface area contributed by atoms with Gasteiger partial charge < -0.3 is 37.5 Å². The van der Waals surface area contributed by atoms with Gasteiger partial charge in [0.15, 0.2) is 0 Å². The minimum atomic E-state index is -1.42. The molecule has 1 heterocycles. The monoisotopic (exact) mass is 477 g/mol. The van der Waals surface area contributed by atoms with Crippen LogP contribution >= 0.6 is 0 Å². The third kappa shape index (κ3) is 10.2. The van der Waals surface area contributed by atoms with Crippen molar-refractivity contribution in [2.75, 3.05) is 13.6 Å². The largest absolute Gasteiger partial charge is 0.370 e. The summed E-state index contributed by atoms with van der Waals surface area (Å²) in [4.78, 5) is 77.1. The zero-order valence-corrected chi connectivity index (χ0v) is 19.2. The number of nitrogens with one attached hydrogen (secondary N) is 2. The quantitative estimate of drug-likeness (QED) is 0.187. The van der Waals surface area contributed by atoms with Gasteiger partial charge in [-0.05, 0) is 25.0 Å². The smallest absolute Gasteiger partial charge is 0.245 e. The second kappa shape index (κ2) is 13.6. The standard InChI is InChI=1S/C21H31N7O6/c1-12(29)5-6-14(22)19(32)26-15(9-17(23)30)20(33)27-16(8-13-4-3-7-25-10-13)21(34)28(2)11-18(24)31/h3-4,7,10,14-16H,5-6,8-9,11,22H2,1-2H3,(H2,23,30)(H2,24,31)(H,26,32)(H,27,33)/t14-,15-,16-/m0/s1. The summed E-state index contributed by atoms with van der Waals surface area (Å²) in [5.74, 6) is -4.03. The summed E-state index contributed by atoms with van der Waals surface area (Å²) < 4.78 is 0. The Hall–Kier alpha value is -3.87. The first-order valence-corrected chi connectivity index (χ1v) is 10.5. The van der Waals surface area contributed by atoms with Crippen molar-refractivity contribution in [2.24, 2.45) is 17.2 Å². The van der Waals surface area contributed by atoms with E-state index >= 15 is 0 Å². The number of carbonyl (C=O) groups excluding carboxylic acids is 6. The summed E-state index contributed by atoms with van der Waals surface area (Å²) in [7, 11) is 1.34. The van der Waals surface area contributed by atoms with Gasteiger partial charge in [-0.3, -0.25) is 29.0 Å². The first-order valence-electron chi connectivity index (χ1n) is 10.5. The van der Waals surface area contributed by atoms with Crippen LogP contribution in [-0.4, -0.2) is 76.9 Å². The number of hydrogen-bond acceptors (Lipinski definition) is 8. The maximum Gasteiger partial charge on any atom is 0.245 e. The second-order valence-electron chi connectivity index (χ2n) is 7.87. The molecule has 0 saturated heterocycles. The molecule has 1 rings (SSSR count). The fraction of sp³-hybridized carbons (Fsp3) is 0.476. The summed E-state index contributed by atoms with van der Waals surface area (Å²) in [6.07, 6.45) is 2.60. The van der Waals surface area contributed by atoms with E-state index in [1.807, 2.05) is 0 Å². The molecule has 5 amide bonds. The zero-order valence-electron chi connectivity index (χ0n) is 19.2. The van der Waals surface area contributed by atoms with Gasteiger partial charge in [0, 0.05) is 32.3 Å². The SMILES string of the molecule is CC(=O)CC[C@H](N)C(=O)N[C@@H](CC(N)=O)C(=O)N[C@@H](Cc1cccnc1)C(=O)N(C)CC(N)=O. The Bertz CT molecular complexity index is 908. The first kappa shape index (κ1) is 28.2. The van der Waals surface area contributed by atoms with Crippen molar-refractivity contribution in [1.29, 1.82) is 0 Å². The van der Waals surface area contributed by atoms with Gasteiger partial charge in [-0.25, -0.2) is 0 Å². The number of nitrogens with two attached hydrogens (primary N) is 3. The Balaban J connectivity index is 3.04. The van der Waals surface area contributed by atoms with Gasteiger partial charge in [0.05, 0.1) is 19.0 Å². The molecular formula is C21H31N7O6. The molecule has 8 N–H and O–H groups in total. The number of ketones is 1. The van der Waals surface area contributed by atoms with Gasteiger partial charge in [-0.15, -0.1) is 0 Å². The van der Waals surface area contributed by atoms with Crippen LogP contribution in [-0.2, 0) is 35.2 Å². The van der Waals surface area contributed by atoms with Crippen molar-refractivity contribution in [2.45, 2.75) is 50.7 Å². The van der Waals surface area contributed by atoms with Gasteiger partial charge >= 0.3 is 0 Å². The molecule has 13 heteroatoms. The van der Waals surface area contributed by atoms with Crippen molar-refractivity contribution in [3.63, 3.8) is 0 Å². The molecule has 0 unspecified atom stereocenters. The Morgan fingerprint density at radius 1 is 1.03 bits per heavy atom. The number of likely N-dealkylation sites (N-methyl/N-ethyl adjacent to an activating group) is 1. The van der Waals surface area contributed by atoms with Crippen LogP contribution in [0.15, 0.2) is 24.5 Å². The molecule has 0 bridgehead atoms. The van der Waals surface area contributed by atoms with Crippen LogP contribution in [0.25, 0.3) is 0 Å². The van der Waals surface area contributed by atoms with Crippen LogP contribution in [0.2, 0.25) is 0 Å². The van der Waals surface area contributed by atoms with Crippen LogP contribution in [0.3, 0.4) is 0 Å². The maximum atomic E-state index is 12.9. The lowest BCUT2D eigenvalue weighted by Crippen LogP contribution is -2.57. The number of carbonyl (C=O) groups is 6. The average Bonchev–Trinajstić information content (AvgIpc) is 2.75. The maximum absolute atomic E-state index is 12.9. The molecule has 186 valence electrons. The fourth-order valence-electron chi connectivity index (χ4n) is 2.98. The number of primary amides is 2. The van der Waals surface area contributed by atoms with Crippen molar-refractivity contribution < 1.29 is 28.8 Å². The van der Waals surface area contributed by atoms with E-state index in [4.69, 9.17) is 17.2 Å². The molecule has 0 aliphatic heterocycles. The van der Waals surface area contributed by atoms with E-state index < -0.39 is 54.1 Å². The zero-order chi connectivity index (χ0) is 25.8. The molecule has 0 saturated carbocycles. The van der Waals surface area contributed by atoms with Crippen LogP contribution in [0, 0.1) is 0 Å². The highest BCUT2D eigenvalue weighted by atomic mass is 16.2. The molecule has 0 radical (unpaired) electrons.